The molecule has 24 heavy (non-hydrogen) atoms. The number of sulfonamides is 1. The molecule has 2 heterocycles. The highest BCUT2D eigenvalue weighted by Gasteiger charge is 2.22. The number of rotatable bonds is 4. The maximum atomic E-state index is 12.8. The molecule has 0 unspecified atom stereocenters. The number of aryl methyl sites for hydroxylation is 3. The Hall–Kier alpha value is -2.12. The van der Waals surface area contributed by atoms with Crippen molar-refractivity contribution in [3.8, 4) is 10.6 Å². The van der Waals surface area contributed by atoms with Gasteiger partial charge in [0.15, 0.2) is 5.76 Å². The van der Waals surface area contributed by atoms with E-state index in [1.807, 2.05) is 32.9 Å². The van der Waals surface area contributed by atoms with Crippen LogP contribution in [-0.4, -0.2) is 13.6 Å². The summed E-state index contributed by atoms with van der Waals surface area (Å²) in [6.07, 6.45) is 0. The van der Waals surface area contributed by atoms with Crippen molar-refractivity contribution >= 4 is 27.0 Å². The maximum absolute atomic E-state index is 12.8. The van der Waals surface area contributed by atoms with Crippen molar-refractivity contribution in [1.29, 1.82) is 0 Å². The third kappa shape index (κ3) is 3.09. The molecule has 1 aromatic carbocycles. The van der Waals surface area contributed by atoms with Crippen LogP contribution in [0.1, 0.15) is 21.7 Å². The largest absolute Gasteiger partial charge is 0.355 e. The van der Waals surface area contributed by atoms with Crippen LogP contribution in [0.2, 0.25) is 0 Å². The molecule has 7 heteroatoms. The zero-order valence-corrected chi connectivity index (χ0v) is 15.5. The van der Waals surface area contributed by atoms with E-state index in [1.165, 1.54) is 11.3 Å². The van der Waals surface area contributed by atoms with Gasteiger partial charge in [-0.3, -0.25) is 4.72 Å². The molecule has 1 N–H and O–H groups in total. The normalized spacial score (nSPS) is 11.7. The first-order valence-corrected chi connectivity index (χ1v) is 9.71. The molecule has 2 aromatic heterocycles. The molecule has 0 saturated heterocycles. The van der Waals surface area contributed by atoms with Crippen LogP contribution in [0.5, 0.6) is 0 Å². The standard InChI is InChI=1S/C17H18N2O3S2/c1-10-6-5-7-14(12(10)3)19-24(20,21)17-9-16(23-13(17)4)15-8-11(2)18-22-15/h5-9,19H,1-4H3. The molecule has 0 fully saturated rings. The van der Waals surface area contributed by atoms with E-state index in [0.717, 1.165) is 21.7 Å². The number of thiophene rings is 1. The van der Waals surface area contributed by atoms with Gasteiger partial charge in [0.05, 0.1) is 16.3 Å². The van der Waals surface area contributed by atoms with Gasteiger partial charge in [-0.1, -0.05) is 17.3 Å². The van der Waals surface area contributed by atoms with Crippen molar-refractivity contribution in [1.82, 2.24) is 5.16 Å². The van der Waals surface area contributed by atoms with Gasteiger partial charge >= 0.3 is 0 Å². The summed E-state index contributed by atoms with van der Waals surface area (Å²) in [6.45, 7) is 7.46. The molecule has 0 spiro atoms. The molecular formula is C17H18N2O3S2. The average molecular weight is 362 g/mol. The van der Waals surface area contributed by atoms with Crippen LogP contribution in [0.3, 0.4) is 0 Å². The Morgan fingerprint density at radius 3 is 2.54 bits per heavy atom. The van der Waals surface area contributed by atoms with E-state index in [1.54, 1.807) is 25.1 Å². The molecule has 0 bridgehead atoms. The maximum Gasteiger partial charge on any atom is 0.263 e. The first-order chi connectivity index (χ1) is 11.3. The Morgan fingerprint density at radius 2 is 1.88 bits per heavy atom. The van der Waals surface area contributed by atoms with E-state index in [0.29, 0.717) is 16.3 Å². The van der Waals surface area contributed by atoms with Gasteiger partial charge in [-0.05, 0) is 51.0 Å². The molecule has 126 valence electrons. The van der Waals surface area contributed by atoms with E-state index in [-0.39, 0.29) is 4.90 Å². The van der Waals surface area contributed by atoms with E-state index >= 15 is 0 Å². The predicted octanol–water partition coefficient (Wildman–Crippen LogP) is 4.44. The Kier molecular flexibility index (Phi) is 4.23. The predicted molar refractivity (Wildman–Crippen MR) is 96.0 cm³/mol. The number of hydrogen-bond donors (Lipinski definition) is 1. The smallest absolute Gasteiger partial charge is 0.263 e. The lowest BCUT2D eigenvalue weighted by Crippen LogP contribution is -2.14. The zero-order chi connectivity index (χ0) is 17.5. The fraction of sp³-hybridized carbons (Fsp3) is 0.235. The second-order valence-corrected chi connectivity index (χ2v) is 8.62. The summed E-state index contributed by atoms with van der Waals surface area (Å²) in [5.74, 6) is 0.578. The summed E-state index contributed by atoms with van der Waals surface area (Å²) >= 11 is 1.37. The first-order valence-electron chi connectivity index (χ1n) is 7.41. The SMILES string of the molecule is Cc1cc(-c2cc(S(=O)(=O)Nc3cccc(C)c3C)c(C)s2)on1. The average Bonchev–Trinajstić information content (AvgIpc) is 3.10. The van der Waals surface area contributed by atoms with Gasteiger partial charge < -0.3 is 4.52 Å². The van der Waals surface area contributed by atoms with Crippen LogP contribution in [-0.2, 0) is 10.0 Å². The third-order valence-corrected chi connectivity index (χ3v) is 6.57. The van der Waals surface area contributed by atoms with Crippen molar-refractivity contribution in [3.05, 3.63) is 52.0 Å². The highest BCUT2D eigenvalue weighted by molar-refractivity contribution is 7.93. The summed E-state index contributed by atoms with van der Waals surface area (Å²) in [7, 11) is -3.67. The van der Waals surface area contributed by atoms with Crippen LogP contribution in [0, 0.1) is 27.7 Å². The number of aromatic nitrogens is 1. The fourth-order valence-electron chi connectivity index (χ4n) is 2.39. The number of hydrogen-bond acceptors (Lipinski definition) is 5. The van der Waals surface area contributed by atoms with Crippen molar-refractivity contribution in [3.63, 3.8) is 0 Å². The lowest BCUT2D eigenvalue weighted by Gasteiger charge is -2.11. The monoisotopic (exact) mass is 362 g/mol. The molecule has 0 radical (unpaired) electrons. The Bertz CT molecular complexity index is 1000. The minimum Gasteiger partial charge on any atom is -0.355 e. The highest BCUT2D eigenvalue weighted by atomic mass is 32.2. The van der Waals surface area contributed by atoms with Crippen molar-refractivity contribution in [2.24, 2.45) is 0 Å². The number of nitrogens with zero attached hydrogens (tertiary/aromatic N) is 1. The summed E-state index contributed by atoms with van der Waals surface area (Å²) < 4.78 is 33.5. The second-order valence-electron chi connectivity index (χ2n) is 5.72. The highest BCUT2D eigenvalue weighted by Crippen LogP contribution is 2.35. The summed E-state index contributed by atoms with van der Waals surface area (Å²) in [6, 6.07) is 8.98. The Balaban J connectivity index is 1.98. The lowest BCUT2D eigenvalue weighted by molar-refractivity contribution is 0.428. The number of anilines is 1. The number of nitrogens with one attached hydrogen (secondary N) is 1. The minimum absolute atomic E-state index is 0.262. The molecular weight excluding hydrogens is 344 g/mol. The number of benzene rings is 1. The summed E-state index contributed by atoms with van der Waals surface area (Å²) in [5, 5.41) is 3.85. The van der Waals surface area contributed by atoms with Gasteiger partial charge in [-0.2, -0.15) is 0 Å². The van der Waals surface area contributed by atoms with Gasteiger partial charge in [0.25, 0.3) is 10.0 Å². The molecule has 0 aliphatic rings. The quantitative estimate of drug-likeness (QED) is 0.745. The molecule has 3 aromatic rings. The van der Waals surface area contributed by atoms with Gasteiger partial charge in [0.2, 0.25) is 0 Å². The first kappa shape index (κ1) is 16.7. The third-order valence-electron chi connectivity index (χ3n) is 3.88. The molecule has 0 amide bonds. The van der Waals surface area contributed by atoms with Crippen molar-refractivity contribution in [2.45, 2.75) is 32.6 Å². The molecule has 0 saturated carbocycles. The van der Waals surface area contributed by atoms with Gasteiger partial charge in [0, 0.05) is 10.9 Å². The molecule has 0 aliphatic carbocycles. The van der Waals surface area contributed by atoms with Gasteiger partial charge in [0.1, 0.15) is 4.90 Å². The van der Waals surface area contributed by atoms with Gasteiger partial charge in [-0.25, -0.2) is 8.42 Å². The van der Waals surface area contributed by atoms with Crippen molar-refractivity contribution < 1.29 is 12.9 Å². The molecule has 5 nitrogen and oxygen atoms in total. The summed E-state index contributed by atoms with van der Waals surface area (Å²) in [5.41, 5.74) is 3.31. The lowest BCUT2D eigenvalue weighted by atomic mass is 10.1. The van der Waals surface area contributed by atoms with Crippen molar-refractivity contribution in [2.75, 3.05) is 4.72 Å². The minimum atomic E-state index is -3.67. The van der Waals surface area contributed by atoms with E-state index in [9.17, 15) is 8.42 Å². The van der Waals surface area contributed by atoms with Gasteiger partial charge in [-0.15, -0.1) is 11.3 Å². The van der Waals surface area contributed by atoms with Crippen LogP contribution in [0.4, 0.5) is 5.69 Å². The summed E-state index contributed by atoms with van der Waals surface area (Å²) in [4.78, 5) is 1.71. The molecule has 0 aliphatic heterocycles. The van der Waals surface area contributed by atoms with E-state index in [2.05, 4.69) is 9.88 Å². The molecule has 0 atom stereocenters. The second kappa shape index (κ2) is 6.07. The van der Waals surface area contributed by atoms with Crippen LogP contribution in [0.15, 0.2) is 39.8 Å². The Labute approximate surface area is 145 Å². The van der Waals surface area contributed by atoms with E-state index in [4.69, 9.17) is 4.52 Å². The zero-order valence-electron chi connectivity index (χ0n) is 13.9. The van der Waals surface area contributed by atoms with E-state index < -0.39 is 10.0 Å². The Morgan fingerprint density at radius 1 is 1.12 bits per heavy atom. The fourth-order valence-corrected chi connectivity index (χ4v) is 5.06. The van der Waals surface area contributed by atoms with Crippen LogP contribution >= 0.6 is 11.3 Å². The molecule has 3 rings (SSSR count). The van der Waals surface area contributed by atoms with Crippen LogP contribution in [0.25, 0.3) is 10.6 Å². The topological polar surface area (TPSA) is 72.2 Å². The van der Waals surface area contributed by atoms with Crippen LogP contribution < -0.4 is 4.72 Å².